The number of hydrogen-bond donors (Lipinski definition) is 0. The van der Waals surface area contributed by atoms with Crippen molar-refractivity contribution >= 4 is 21.5 Å². The first-order valence-corrected chi connectivity index (χ1v) is 21.2. The largest absolute Gasteiger partial charge is 0.0622 e. The second-order valence-electron chi connectivity index (χ2n) is 17.6. The average molecular weight is 753 g/mol. The van der Waals surface area contributed by atoms with Gasteiger partial charge in [-0.3, -0.25) is 0 Å². The van der Waals surface area contributed by atoms with Crippen LogP contribution < -0.4 is 0 Å². The predicted molar refractivity (Wildman–Crippen MR) is 253 cm³/mol. The van der Waals surface area contributed by atoms with Gasteiger partial charge in [-0.15, -0.1) is 0 Å². The van der Waals surface area contributed by atoms with E-state index in [1.807, 2.05) is 0 Å². The zero-order valence-corrected chi connectivity index (χ0v) is 36.9. The SMILES string of the molecule is Cc1c(C)c(C)c(-c2c3c(C)c(C)c(C)c(C)c3c(-c3cccc(-c4cccc5c4-c4cc(-c6ccccc6)ccc4C5)c3)c3c(C)c(C)c(C)c(C)c23)c(C)c1C. The minimum atomic E-state index is 0.967. The fourth-order valence-electron chi connectivity index (χ4n) is 10.7. The van der Waals surface area contributed by atoms with Gasteiger partial charge in [0, 0.05) is 0 Å². The molecule has 288 valence electrons. The molecule has 0 fully saturated rings. The summed E-state index contributed by atoms with van der Waals surface area (Å²) < 4.78 is 0. The molecular formula is C58H56. The summed E-state index contributed by atoms with van der Waals surface area (Å²) >= 11 is 0. The van der Waals surface area contributed by atoms with Gasteiger partial charge in [-0.2, -0.15) is 0 Å². The Morgan fingerprint density at radius 1 is 0.259 bits per heavy atom. The van der Waals surface area contributed by atoms with Gasteiger partial charge in [0.05, 0.1) is 0 Å². The highest BCUT2D eigenvalue weighted by Gasteiger charge is 2.29. The highest BCUT2D eigenvalue weighted by molar-refractivity contribution is 6.26. The normalized spacial score (nSPS) is 12.2. The van der Waals surface area contributed by atoms with Gasteiger partial charge in [0.2, 0.25) is 0 Å². The molecule has 0 heterocycles. The Labute approximate surface area is 346 Å². The smallest absolute Gasteiger partial charge is 0.00132 e. The van der Waals surface area contributed by atoms with Gasteiger partial charge in [-0.25, -0.2) is 0 Å². The molecule has 1 aliphatic carbocycles. The molecule has 1 aliphatic rings. The van der Waals surface area contributed by atoms with E-state index in [1.54, 1.807) is 0 Å². The number of fused-ring (bicyclic) bond motifs is 5. The molecule has 0 radical (unpaired) electrons. The molecule has 0 spiro atoms. The lowest BCUT2D eigenvalue weighted by atomic mass is 9.74. The van der Waals surface area contributed by atoms with E-state index in [4.69, 9.17) is 0 Å². The molecule has 8 aromatic carbocycles. The zero-order valence-electron chi connectivity index (χ0n) is 36.9. The van der Waals surface area contributed by atoms with E-state index in [0.717, 1.165) is 6.42 Å². The molecule has 0 saturated carbocycles. The summed E-state index contributed by atoms with van der Waals surface area (Å²) in [7, 11) is 0. The van der Waals surface area contributed by atoms with Gasteiger partial charge >= 0.3 is 0 Å². The molecule has 58 heavy (non-hydrogen) atoms. The van der Waals surface area contributed by atoms with Gasteiger partial charge < -0.3 is 0 Å². The third-order valence-corrected chi connectivity index (χ3v) is 15.1. The molecule has 0 bridgehead atoms. The maximum absolute atomic E-state index is 2.51. The van der Waals surface area contributed by atoms with Gasteiger partial charge in [0.1, 0.15) is 0 Å². The van der Waals surface area contributed by atoms with Crippen LogP contribution in [0, 0.1) is 90.0 Å². The highest BCUT2D eigenvalue weighted by Crippen LogP contribution is 2.53. The van der Waals surface area contributed by atoms with Crippen LogP contribution in [0.15, 0.2) is 91.0 Å². The lowest BCUT2D eigenvalue weighted by Crippen LogP contribution is -2.06. The first kappa shape index (κ1) is 37.8. The summed E-state index contributed by atoms with van der Waals surface area (Å²) in [5.41, 5.74) is 34.3. The third-order valence-electron chi connectivity index (χ3n) is 15.1. The average Bonchev–Trinajstić information content (AvgIpc) is 3.62. The van der Waals surface area contributed by atoms with E-state index in [2.05, 4.69) is 181 Å². The summed E-state index contributed by atoms with van der Waals surface area (Å²) in [6.07, 6.45) is 0.967. The van der Waals surface area contributed by atoms with E-state index < -0.39 is 0 Å². The van der Waals surface area contributed by atoms with Crippen LogP contribution in [0.5, 0.6) is 0 Å². The molecule has 0 heteroatoms. The molecule has 0 N–H and O–H groups in total. The van der Waals surface area contributed by atoms with E-state index in [0.29, 0.717) is 0 Å². The van der Waals surface area contributed by atoms with Gasteiger partial charge in [0.15, 0.2) is 0 Å². The Hall–Kier alpha value is -5.72. The monoisotopic (exact) mass is 752 g/mol. The second-order valence-corrected chi connectivity index (χ2v) is 17.6. The second kappa shape index (κ2) is 13.7. The minimum absolute atomic E-state index is 0.967. The van der Waals surface area contributed by atoms with Crippen molar-refractivity contribution in [3.05, 3.63) is 174 Å². The molecule has 0 nitrogen and oxygen atoms in total. The molecule has 9 rings (SSSR count). The highest BCUT2D eigenvalue weighted by atomic mass is 14.3. The van der Waals surface area contributed by atoms with Gasteiger partial charge in [0.25, 0.3) is 0 Å². The van der Waals surface area contributed by atoms with Crippen molar-refractivity contribution in [3.8, 4) is 55.6 Å². The van der Waals surface area contributed by atoms with Crippen LogP contribution in [0.1, 0.15) is 83.5 Å². The van der Waals surface area contributed by atoms with Gasteiger partial charge in [-0.1, -0.05) is 78.9 Å². The Kier molecular flexibility index (Phi) is 8.94. The summed E-state index contributed by atoms with van der Waals surface area (Å²) in [5, 5.41) is 5.63. The number of benzene rings is 8. The fourth-order valence-corrected chi connectivity index (χ4v) is 10.7. The Balaban J connectivity index is 1.41. The molecule has 0 amide bonds. The molecule has 8 aromatic rings. The maximum atomic E-state index is 2.51. The summed E-state index contributed by atoms with van der Waals surface area (Å²) in [6.45, 7) is 30.6. The van der Waals surface area contributed by atoms with Crippen LogP contribution in [-0.2, 0) is 6.42 Å². The fraction of sp³-hybridized carbons (Fsp3) is 0.241. The van der Waals surface area contributed by atoms with Crippen molar-refractivity contribution in [2.75, 3.05) is 0 Å². The lowest BCUT2D eigenvalue weighted by molar-refractivity contribution is 1.18. The van der Waals surface area contributed by atoms with Crippen LogP contribution >= 0.6 is 0 Å². The first-order chi connectivity index (χ1) is 27.7. The standard InChI is InChI=1S/C58H56/c1-30-31(2)37(8)51(38(9)32(30)3)58-54-41(12)35(6)33(4)39(10)52(54)57(53-40(11)34(5)36(7)42(13)55(53)58)48-22-17-21-45(27-48)49-24-18-23-47-28-46-26-25-44(29-50(46)56(47)49)43-19-15-14-16-20-43/h14-27,29H,28H2,1-13H3. The number of hydrogen-bond acceptors (Lipinski definition) is 0. The Morgan fingerprint density at radius 3 is 1.29 bits per heavy atom. The van der Waals surface area contributed by atoms with E-state index in [-0.39, 0.29) is 0 Å². The third kappa shape index (κ3) is 5.34. The van der Waals surface area contributed by atoms with E-state index in [1.165, 1.54) is 161 Å². The topological polar surface area (TPSA) is 0 Å². The van der Waals surface area contributed by atoms with Crippen LogP contribution in [0.2, 0.25) is 0 Å². The number of rotatable bonds is 4. The Bertz CT molecular complexity index is 2960. The summed E-state index contributed by atoms with van der Waals surface area (Å²) in [4.78, 5) is 0. The molecular weight excluding hydrogens is 697 g/mol. The van der Waals surface area contributed by atoms with Crippen molar-refractivity contribution in [1.82, 2.24) is 0 Å². The van der Waals surface area contributed by atoms with Crippen molar-refractivity contribution in [2.24, 2.45) is 0 Å². The molecule has 0 atom stereocenters. The van der Waals surface area contributed by atoms with Gasteiger partial charge in [-0.05, 0) is 269 Å². The molecule has 0 saturated heterocycles. The minimum Gasteiger partial charge on any atom is -0.0622 e. The quantitative estimate of drug-likeness (QED) is 0.157. The molecule has 0 aliphatic heterocycles. The van der Waals surface area contributed by atoms with Crippen LogP contribution in [0.4, 0.5) is 0 Å². The first-order valence-electron chi connectivity index (χ1n) is 21.2. The van der Waals surface area contributed by atoms with E-state index >= 15 is 0 Å². The lowest BCUT2D eigenvalue weighted by Gasteiger charge is -2.29. The predicted octanol–water partition coefficient (Wildman–Crippen LogP) is 16.2. The molecule has 0 unspecified atom stereocenters. The van der Waals surface area contributed by atoms with Crippen molar-refractivity contribution in [1.29, 1.82) is 0 Å². The summed E-state index contributed by atoms with van der Waals surface area (Å²) in [6, 6.07) is 34.4. The van der Waals surface area contributed by atoms with Crippen molar-refractivity contribution in [2.45, 2.75) is 96.4 Å². The summed E-state index contributed by atoms with van der Waals surface area (Å²) in [5.74, 6) is 0. The van der Waals surface area contributed by atoms with Crippen LogP contribution in [0.25, 0.3) is 77.2 Å². The Morgan fingerprint density at radius 2 is 0.724 bits per heavy atom. The molecule has 0 aromatic heterocycles. The van der Waals surface area contributed by atoms with Crippen LogP contribution in [0.3, 0.4) is 0 Å². The van der Waals surface area contributed by atoms with Crippen LogP contribution in [-0.4, -0.2) is 0 Å². The maximum Gasteiger partial charge on any atom is -0.00132 e. The number of aryl methyl sites for hydroxylation is 4. The zero-order chi connectivity index (χ0) is 41.1. The van der Waals surface area contributed by atoms with Crippen molar-refractivity contribution in [3.63, 3.8) is 0 Å². The van der Waals surface area contributed by atoms with E-state index in [9.17, 15) is 0 Å². The van der Waals surface area contributed by atoms with Crippen molar-refractivity contribution < 1.29 is 0 Å².